The molecule has 1 amide bonds. The third-order valence-electron chi connectivity index (χ3n) is 7.87. The number of hydrogen-bond donors (Lipinski definition) is 2. The van der Waals surface area contributed by atoms with Crippen molar-refractivity contribution in [1.29, 1.82) is 0 Å². The van der Waals surface area contributed by atoms with E-state index in [2.05, 4.69) is 22.5 Å². The molecule has 2 saturated heterocycles. The van der Waals surface area contributed by atoms with Crippen LogP contribution in [0.3, 0.4) is 0 Å². The molecule has 2 aliphatic heterocycles. The topological polar surface area (TPSA) is 102 Å². The van der Waals surface area contributed by atoms with Crippen LogP contribution < -0.4 is 5.32 Å². The van der Waals surface area contributed by atoms with Gasteiger partial charge in [-0.1, -0.05) is 57.1 Å². The summed E-state index contributed by atoms with van der Waals surface area (Å²) in [7, 11) is 0. The van der Waals surface area contributed by atoms with E-state index in [-0.39, 0.29) is 30.0 Å². The number of aliphatic carboxylic acids is 1. The van der Waals surface area contributed by atoms with E-state index in [1.54, 1.807) is 0 Å². The second-order valence-electron chi connectivity index (χ2n) is 10.5. The lowest BCUT2D eigenvalue weighted by atomic mass is 9.79. The lowest BCUT2D eigenvalue weighted by Crippen LogP contribution is -2.26. The average Bonchev–Trinajstić information content (AvgIpc) is 3.56. The number of amides is 1. The van der Waals surface area contributed by atoms with Gasteiger partial charge in [0.05, 0.1) is 17.6 Å². The molecule has 2 bridgehead atoms. The molecule has 188 valence electrons. The number of nitrogens with zero attached hydrogens (tertiary/aromatic N) is 1. The maximum absolute atomic E-state index is 12.5. The van der Waals surface area contributed by atoms with Crippen LogP contribution in [0.2, 0.25) is 0 Å². The number of unbranched alkanes of at least 4 members (excludes halogenated alkanes) is 2. The number of oxazole rings is 1. The van der Waals surface area contributed by atoms with Gasteiger partial charge in [-0.2, -0.15) is 0 Å². The fourth-order valence-corrected chi connectivity index (χ4v) is 5.97. The molecule has 3 atom stereocenters. The van der Waals surface area contributed by atoms with Gasteiger partial charge in [0.15, 0.2) is 5.69 Å². The Morgan fingerprint density at radius 3 is 2.82 bits per heavy atom. The first-order valence-corrected chi connectivity index (χ1v) is 13.3. The van der Waals surface area contributed by atoms with E-state index in [1.807, 2.05) is 0 Å². The predicted octanol–water partition coefficient (Wildman–Crippen LogP) is 5.76. The number of fused-ring (bicyclic) bond motifs is 2. The first kappa shape index (κ1) is 25.0. The standard InChI is InChI=1S/C27H40N2O5/c30-24(31)13-6-1-2-8-15-27-16-14-23(34-27)21(18-27)26-29-22(19-33-26)25(32)28-17-9-7-12-20-10-4-3-5-11-20/h2,8,19-21,23H,1,3-7,9-18H2,(H,28,32)(H,30,31)/b8-2-/t21-,23+,27-/m1/s1. The van der Waals surface area contributed by atoms with E-state index in [0.717, 1.165) is 44.4 Å². The minimum atomic E-state index is -0.749. The summed E-state index contributed by atoms with van der Waals surface area (Å²) < 4.78 is 12.1. The molecule has 7 heteroatoms. The molecule has 3 fully saturated rings. The van der Waals surface area contributed by atoms with E-state index in [0.29, 0.717) is 24.6 Å². The molecule has 4 rings (SSSR count). The Kier molecular flexibility index (Phi) is 8.81. The van der Waals surface area contributed by atoms with Gasteiger partial charge in [-0.25, -0.2) is 4.98 Å². The molecule has 0 radical (unpaired) electrons. The van der Waals surface area contributed by atoms with Gasteiger partial charge >= 0.3 is 5.97 Å². The van der Waals surface area contributed by atoms with Gasteiger partial charge < -0.3 is 19.6 Å². The first-order valence-electron chi connectivity index (χ1n) is 13.3. The Labute approximate surface area is 202 Å². The number of aromatic nitrogens is 1. The number of carboxylic acids is 1. The average molecular weight is 473 g/mol. The number of carboxylic acid groups (broad SMARTS) is 1. The molecule has 3 heterocycles. The normalized spacial score (nSPS) is 26.9. The summed E-state index contributed by atoms with van der Waals surface area (Å²) in [6.07, 6.45) is 21.4. The molecule has 1 saturated carbocycles. The number of hydrogen-bond acceptors (Lipinski definition) is 5. The lowest BCUT2D eigenvalue weighted by molar-refractivity contribution is -0.137. The van der Waals surface area contributed by atoms with E-state index in [9.17, 15) is 9.59 Å². The maximum Gasteiger partial charge on any atom is 0.303 e. The summed E-state index contributed by atoms with van der Waals surface area (Å²) in [5.74, 6) is 0.685. The smallest absolute Gasteiger partial charge is 0.303 e. The largest absolute Gasteiger partial charge is 0.481 e. The van der Waals surface area contributed by atoms with Crippen molar-refractivity contribution in [2.75, 3.05) is 6.54 Å². The van der Waals surface area contributed by atoms with Gasteiger partial charge in [0, 0.05) is 13.0 Å². The molecule has 0 spiro atoms. The summed E-state index contributed by atoms with van der Waals surface area (Å²) in [6, 6.07) is 0. The molecular weight excluding hydrogens is 432 g/mol. The van der Waals surface area contributed by atoms with Crippen LogP contribution in [0.4, 0.5) is 0 Å². The number of rotatable bonds is 13. The van der Waals surface area contributed by atoms with Crippen molar-refractivity contribution in [3.05, 3.63) is 30.0 Å². The van der Waals surface area contributed by atoms with Crippen LogP contribution in [0.5, 0.6) is 0 Å². The number of carbonyl (C=O) groups is 2. The Morgan fingerprint density at radius 2 is 2.00 bits per heavy atom. The van der Waals surface area contributed by atoms with Crippen LogP contribution in [0.15, 0.2) is 22.8 Å². The van der Waals surface area contributed by atoms with Crippen molar-refractivity contribution < 1.29 is 23.8 Å². The van der Waals surface area contributed by atoms with Gasteiger partial charge in [0.25, 0.3) is 5.91 Å². The predicted molar refractivity (Wildman–Crippen MR) is 129 cm³/mol. The van der Waals surface area contributed by atoms with E-state index in [1.165, 1.54) is 51.2 Å². The molecule has 0 unspecified atom stereocenters. The summed E-state index contributed by atoms with van der Waals surface area (Å²) in [5, 5.41) is 11.7. The van der Waals surface area contributed by atoms with E-state index >= 15 is 0 Å². The highest BCUT2D eigenvalue weighted by Gasteiger charge is 2.53. The Morgan fingerprint density at radius 1 is 1.15 bits per heavy atom. The van der Waals surface area contributed by atoms with Crippen molar-refractivity contribution in [3.8, 4) is 0 Å². The van der Waals surface area contributed by atoms with Crippen LogP contribution in [-0.4, -0.2) is 40.2 Å². The minimum Gasteiger partial charge on any atom is -0.481 e. The van der Waals surface area contributed by atoms with Gasteiger partial charge in [0.2, 0.25) is 5.89 Å². The third-order valence-corrected chi connectivity index (χ3v) is 7.87. The first-order chi connectivity index (χ1) is 16.5. The molecule has 1 aromatic rings. The summed E-state index contributed by atoms with van der Waals surface area (Å²) >= 11 is 0. The minimum absolute atomic E-state index is 0.0891. The van der Waals surface area contributed by atoms with Crippen LogP contribution in [0, 0.1) is 5.92 Å². The molecule has 7 nitrogen and oxygen atoms in total. The molecule has 2 N–H and O–H groups in total. The quantitative estimate of drug-likeness (QED) is 0.279. The highest BCUT2D eigenvalue weighted by atomic mass is 16.5. The zero-order chi connectivity index (χ0) is 23.8. The number of nitrogens with one attached hydrogen (secondary N) is 1. The monoisotopic (exact) mass is 472 g/mol. The number of carbonyl (C=O) groups excluding carboxylic acids is 1. The van der Waals surface area contributed by atoms with Gasteiger partial charge in [-0.05, 0) is 50.9 Å². The van der Waals surface area contributed by atoms with E-state index < -0.39 is 5.97 Å². The Hall–Kier alpha value is -2.15. The molecule has 0 aromatic carbocycles. The van der Waals surface area contributed by atoms with Crippen LogP contribution in [-0.2, 0) is 9.53 Å². The Bertz CT molecular complexity index is 844. The van der Waals surface area contributed by atoms with Gasteiger partial charge in [-0.15, -0.1) is 0 Å². The fourth-order valence-electron chi connectivity index (χ4n) is 5.97. The van der Waals surface area contributed by atoms with Crippen molar-refractivity contribution in [2.45, 2.75) is 114 Å². The third kappa shape index (κ3) is 6.71. The zero-order valence-electron chi connectivity index (χ0n) is 20.3. The molecule has 1 aliphatic carbocycles. The molecule has 1 aromatic heterocycles. The number of ether oxygens (including phenoxy) is 1. The fraction of sp³-hybridized carbons (Fsp3) is 0.741. The number of allylic oxidation sites excluding steroid dienone is 1. The lowest BCUT2D eigenvalue weighted by Gasteiger charge is -2.24. The van der Waals surface area contributed by atoms with Crippen LogP contribution >= 0.6 is 0 Å². The highest BCUT2D eigenvalue weighted by molar-refractivity contribution is 5.91. The summed E-state index contributed by atoms with van der Waals surface area (Å²) in [6.45, 7) is 0.685. The van der Waals surface area contributed by atoms with Crippen molar-refractivity contribution in [1.82, 2.24) is 10.3 Å². The summed E-state index contributed by atoms with van der Waals surface area (Å²) in [4.78, 5) is 27.6. The second-order valence-corrected chi connectivity index (χ2v) is 10.5. The highest BCUT2D eigenvalue weighted by Crippen LogP contribution is 2.52. The van der Waals surface area contributed by atoms with Crippen LogP contribution in [0.25, 0.3) is 0 Å². The summed E-state index contributed by atoms with van der Waals surface area (Å²) in [5.41, 5.74) is 0.172. The van der Waals surface area contributed by atoms with Crippen molar-refractivity contribution in [3.63, 3.8) is 0 Å². The second kappa shape index (κ2) is 12.0. The zero-order valence-corrected chi connectivity index (χ0v) is 20.3. The SMILES string of the molecule is O=C(O)CCC/C=C\C[C@]12CC[C@H](O1)[C@H](c1nc(C(=O)NCCCCC3CCCCC3)co1)C2. The maximum atomic E-state index is 12.5. The van der Waals surface area contributed by atoms with Gasteiger partial charge in [-0.3, -0.25) is 9.59 Å². The van der Waals surface area contributed by atoms with Crippen molar-refractivity contribution >= 4 is 11.9 Å². The van der Waals surface area contributed by atoms with E-state index in [4.69, 9.17) is 14.3 Å². The molecule has 3 aliphatic rings. The Balaban J connectivity index is 1.18. The molecule has 34 heavy (non-hydrogen) atoms. The molecular formula is C27H40N2O5. The van der Waals surface area contributed by atoms with Gasteiger partial charge in [0.1, 0.15) is 6.26 Å². The van der Waals surface area contributed by atoms with Crippen LogP contribution in [0.1, 0.15) is 119 Å². The van der Waals surface area contributed by atoms with Crippen molar-refractivity contribution in [2.24, 2.45) is 5.92 Å².